The van der Waals surface area contributed by atoms with Crippen LogP contribution in [-0.2, 0) is 6.42 Å². The van der Waals surface area contributed by atoms with Crippen LogP contribution in [0.1, 0.15) is 18.2 Å². The van der Waals surface area contributed by atoms with Crippen LogP contribution in [0.2, 0.25) is 0 Å². The van der Waals surface area contributed by atoms with Gasteiger partial charge in [0.2, 0.25) is 0 Å². The lowest BCUT2D eigenvalue weighted by Gasteiger charge is -1.97. The molecule has 4 rings (SSSR count). The largest absolute Gasteiger partial charge is 0.465 e. The lowest BCUT2D eigenvalue weighted by molar-refractivity contribution is 0.557. The smallest absolute Gasteiger partial charge is 0.265 e. The molecule has 0 unspecified atom stereocenters. The van der Waals surface area contributed by atoms with E-state index in [-0.39, 0.29) is 0 Å². The highest BCUT2D eigenvalue weighted by Gasteiger charge is 2.09. The van der Waals surface area contributed by atoms with Crippen molar-refractivity contribution >= 4 is 40.3 Å². The van der Waals surface area contributed by atoms with Gasteiger partial charge in [0.15, 0.2) is 5.65 Å². The van der Waals surface area contributed by atoms with Crippen LogP contribution in [-0.4, -0.2) is 26.4 Å². The molecule has 0 spiro atoms. The molecule has 2 N–H and O–H groups in total. The Morgan fingerprint density at radius 1 is 1.28 bits per heavy atom. The molecular weight excluding hydrogens is 316 g/mol. The molecule has 3 heterocycles. The van der Waals surface area contributed by atoms with Gasteiger partial charge in [0.05, 0.1) is 6.26 Å². The number of aryl methyl sites for hydroxylation is 1. The van der Waals surface area contributed by atoms with Crippen molar-refractivity contribution < 1.29 is 4.42 Å². The molecule has 7 nitrogen and oxygen atoms in total. The molecule has 0 amide bonds. The number of allylic oxidation sites excluding steroid dienone is 1. The van der Waals surface area contributed by atoms with Crippen LogP contribution in [0.5, 0.6) is 0 Å². The van der Waals surface area contributed by atoms with E-state index in [1.165, 1.54) is 5.56 Å². The maximum absolute atomic E-state index is 5.18. The molecule has 25 heavy (non-hydrogen) atoms. The summed E-state index contributed by atoms with van der Waals surface area (Å²) in [5.74, 6) is 1.09. The fourth-order valence-electron chi connectivity index (χ4n) is 2.55. The van der Waals surface area contributed by atoms with Gasteiger partial charge >= 0.3 is 0 Å². The Balaban J connectivity index is 1.53. The molecule has 0 aliphatic carbocycles. The molecule has 0 saturated carbocycles. The summed E-state index contributed by atoms with van der Waals surface area (Å²) >= 11 is 0. The van der Waals surface area contributed by atoms with Gasteiger partial charge in [-0.15, -0.1) is 10.2 Å². The Hall–Kier alpha value is -3.48. The summed E-state index contributed by atoms with van der Waals surface area (Å²) in [6.07, 6.45) is 7.75. The molecule has 3 aromatic heterocycles. The maximum atomic E-state index is 5.18. The number of fused-ring (bicyclic) bond motifs is 3. The summed E-state index contributed by atoms with van der Waals surface area (Å²) in [5, 5.41) is 13.4. The molecule has 0 aliphatic heterocycles. The van der Waals surface area contributed by atoms with Crippen LogP contribution >= 0.6 is 0 Å². The van der Waals surface area contributed by atoms with Crippen molar-refractivity contribution in [3.05, 3.63) is 54.0 Å². The third kappa shape index (κ3) is 3.12. The van der Waals surface area contributed by atoms with Gasteiger partial charge < -0.3 is 9.40 Å². The Kier molecular flexibility index (Phi) is 3.96. The number of furan rings is 1. The van der Waals surface area contributed by atoms with Crippen molar-refractivity contribution in [2.24, 2.45) is 5.10 Å². The van der Waals surface area contributed by atoms with Gasteiger partial charge in [-0.25, -0.2) is 5.43 Å². The van der Waals surface area contributed by atoms with Crippen molar-refractivity contribution in [1.82, 2.24) is 20.2 Å². The number of H-pyrrole nitrogens is 1. The summed E-state index contributed by atoms with van der Waals surface area (Å²) in [4.78, 5) is 7.68. The normalized spacial score (nSPS) is 12.0. The van der Waals surface area contributed by atoms with Crippen LogP contribution in [0.4, 0.5) is 5.95 Å². The highest BCUT2D eigenvalue weighted by molar-refractivity contribution is 6.03. The summed E-state index contributed by atoms with van der Waals surface area (Å²) in [5.41, 5.74) is 6.46. The standard InChI is InChI=1S/C18H16N6O/c1-2-12-7-8-15-14(11-12)16-17(20-15)21-18(24-22-16)23-19-9-3-5-13-6-4-10-25-13/h3-11H,2H2,1H3,(H2,20,21,23,24)/b5-3+,19-9-. The Morgan fingerprint density at radius 2 is 2.24 bits per heavy atom. The molecule has 0 radical (unpaired) electrons. The first-order valence-electron chi connectivity index (χ1n) is 7.98. The van der Waals surface area contributed by atoms with E-state index in [1.807, 2.05) is 18.2 Å². The van der Waals surface area contributed by atoms with Crippen molar-refractivity contribution in [2.45, 2.75) is 13.3 Å². The average Bonchev–Trinajstić information content (AvgIpc) is 3.27. The highest BCUT2D eigenvalue weighted by Crippen LogP contribution is 2.23. The number of aromatic nitrogens is 4. The van der Waals surface area contributed by atoms with E-state index in [2.05, 4.69) is 49.7 Å². The third-order valence-electron chi connectivity index (χ3n) is 3.82. The Morgan fingerprint density at radius 3 is 3.08 bits per heavy atom. The molecule has 0 aliphatic rings. The number of anilines is 1. The second kappa shape index (κ2) is 6.56. The number of hydrogen-bond donors (Lipinski definition) is 2. The molecule has 1 aromatic carbocycles. The first-order chi connectivity index (χ1) is 12.3. The molecule has 0 atom stereocenters. The third-order valence-corrected chi connectivity index (χ3v) is 3.82. The second-order valence-electron chi connectivity index (χ2n) is 5.46. The first-order valence-corrected chi connectivity index (χ1v) is 7.98. The van der Waals surface area contributed by atoms with E-state index >= 15 is 0 Å². The molecule has 0 bridgehead atoms. The predicted molar refractivity (Wildman–Crippen MR) is 98.4 cm³/mol. The van der Waals surface area contributed by atoms with Gasteiger partial charge in [-0.3, -0.25) is 0 Å². The molecular formula is C18H16N6O. The van der Waals surface area contributed by atoms with Crippen LogP contribution in [0.15, 0.2) is 52.2 Å². The van der Waals surface area contributed by atoms with Gasteiger partial charge in [0.1, 0.15) is 11.3 Å². The predicted octanol–water partition coefficient (Wildman–Crippen LogP) is 3.77. The Labute approximate surface area is 143 Å². The lowest BCUT2D eigenvalue weighted by Crippen LogP contribution is -1.98. The zero-order valence-corrected chi connectivity index (χ0v) is 13.6. The van der Waals surface area contributed by atoms with Crippen molar-refractivity contribution in [2.75, 3.05) is 5.43 Å². The zero-order valence-electron chi connectivity index (χ0n) is 13.6. The Bertz CT molecular complexity index is 1060. The summed E-state index contributed by atoms with van der Waals surface area (Å²) in [6.45, 7) is 2.13. The molecule has 0 fully saturated rings. The SMILES string of the molecule is CCc1ccc2[nH]c3nc(N/N=C\C=C\c4ccco4)nnc3c2c1. The van der Waals surface area contributed by atoms with E-state index < -0.39 is 0 Å². The molecule has 124 valence electrons. The lowest BCUT2D eigenvalue weighted by atomic mass is 10.1. The monoisotopic (exact) mass is 332 g/mol. The van der Waals surface area contributed by atoms with Crippen LogP contribution in [0, 0.1) is 0 Å². The van der Waals surface area contributed by atoms with Crippen molar-refractivity contribution in [1.29, 1.82) is 0 Å². The van der Waals surface area contributed by atoms with Crippen LogP contribution in [0.25, 0.3) is 28.1 Å². The summed E-state index contributed by atoms with van der Waals surface area (Å²) in [7, 11) is 0. The van der Waals surface area contributed by atoms with Gasteiger partial charge in [-0.2, -0.15) is 10.1 Å². The zero-order chi connectivity index (χ0) is 17.1. The fourth-order valence-corrected chi connectivity index (χ4v) is 2.55. The van der Waals surface area contributed by atoms with Gasteiger partial charge in [-0.1, -0.05) is 13.0 Å². The number of hydrogen-bond acceptors (Lipinski definition) is 6. The summed E-state index contributed by atoms with van der Waals surface area (Å²) < 4.78 is 5.18. The van der Waals surface area contributed by atoms with E-state index in [4.69, 9.17) is 4.42 Å². The number of aromatic amines is 1. The number of rotatable bonds is 5. The molecule has 7 heteroatoms. The first kappa shape index (κ1) is 15.1. The number of nitrogens with one attached hydrogen (secondary N) is 2. The minimum absolute atomic E-state index is 0.331. The van der Waals surface area contributed by atoms with Crippen molar-refractivity contribution in [3.8, 4) is 0 Å². The van der Waals surface area contributed by atoms with Crippen LogP contribution < -0.4 is 5.43 Å². The van der Waals surface area contributed by atoms with E-state index in [0.717, 1.165) is 28.6 Å². The number of benzene rings is 1. The fraction of sp³-hybridized carbons (Fsp3) is 0.111. The van der Waals surface area contributed by atoms with E-state index in [9.17, 15) is 0 Å². The van der Waals surface area contributed by atoms with Gasteiger partial charge in [0, 0.05) is 17.1 Å². The number of nitrogens with zero attached hydrogens (tertiary/aromatic N) is 4. The van der Waals surface area contributed by atoms with E-state index in [0.29, 0.717) is 11.6 Å². The van der Waals surface area contributed by atoms with Gasteiger partial charge in [0.25, 0.3) is 5.95 Å². The number of hydrazone groups is 1. The topological polar surface area (TPSA) is 92.0 Å². The highest BCUT2D eigenvalue weighted by atomic mass is 16.3. The van der Waals surface area contributed by atoms with Gasteiger partial charge in [-0.05, 0) is 48.4 Å². The maximum Gasteiger partial charge on any atom is 0.265 e. The second-order valence-corrected chi connectivity index (χ2v) is 5.46. The minimum Gasteiger partial charge on any atom is -0.465 e. The van der Waals surface area contributed by atoms with Crippen LogP contribution in [0.3, 0.4) is 0 Å². The molecule has 0 saturated heterocycles. The molecule has 4 aromatic rings. The quantitative estimate of drug-likeness (QED) is 0.429. The minimum atomic E-state index is 0.331. The van der Waals surface area contributed by atoms with Crippen molar-refractivity contribution in [3.63, 3.8) is 0 Å². The summed E-state index contributed by atoms with van der Waals surface area (Å²) in [6, 6.07) is 9.95. The average molecular weight is 332 g/mol. The van der Waals surface area contributed by atoms with E-state index in [1.54, 1.807) is 24.6 Å².